The number of thiophene rings is 1. The minimum Gasteiger partial charge on any atom is -0.448 e. The molecular formula is C7H7ClO2S. The van der Waals surface area contributed by atoms with E-state index in [0.29, 0.717) is 0 Å². The van der Waals surface area contributed by atoms with Crippen LogP contribution >= 0.6 is 22.9 Å². The highest BCUT2D eigenvalue weighted by Crippen LogP contribution is 2.16. The Morgan fingerprint density at radius 3 is 3.00 bits per heavy atom. The van der Waals surface area contributed by atoms with E-state index >= 15 is 0 Å². The maximum atomic E-state index is 10.2. The van der Waals surface area contributed by atoms with Crippen LogP contribution in [0.3, 0.4) is 0 Å². The van der Waals surface area contributed by atoms with Crippen LogP contribution in [0, 0.1) is 6.92 Å². The number of carbonyl (C=O) groups excluding carboxylic acids is 1. The molecule has 60 valence electrons. The Morgan fingerprint density at radius 2 is 2.55 bits per heavy atom. The van der Waals surface area contributed by atoms with Crippen molar-refractivity contribution in [2.75, 3.05) is 0 Å². The van der Waals surface area contributed by atoms with Crippen LogP contribution in [0.1, 0.15) is 10.4 Å². The van der Waals surface area contributed by atoms with Gasteiger partial charge in [-0.25, -0.2) is 4.79 Å². The van der Waals surface area contributed by atoms with E-state index in [0.717, 1.165) is 10.4 Å². The van der Waals surface area contributed by atoms with Gasteiger partial charge in [-0.1, -0.05) is 0 Å². The second kappa shape index (κ2) is 3.74. The Labute approximate surface area is 73.7 Å². The minimum atomic E-state index is -0.752. The molecule has 0 aliphatic heterocycles. The first kappa shape index (κ1) is 8.56. The molecule has 0 aliphatic carbocycles. The zero-order chi connectivity index (χ0) is 8.27. The van der Waals surface area contributed by atoms with Gasteiger partial charge >= 0.3 is 5.43 Å². The number of ether oxygens (including phenoxy) is 1. The van der Waals surface area contributed by atoms with Crippen LogP contribution in [0.25, 0.3) is 0 Å². The quantitative estimate of drug-likeness (QED) is 0.671. The van der Waals surface area contributed by atoms with Gasteiger partial charge in [-0.15, -0.1) is 11.3 Å². The smallest absolute Gasteiger partial charge is 0.404 e. The third-order valence-electron chi connectivity index (χ3n) is 1.28. The van der Waals surface area contributed by atoms with E-state index in [9.17, 15) is 4.79 Å². The largest absolute Gasteiger partial charge is 0.448 e. The van der Waals surface area contributed by atoms with Gasteiger partial charge in [0.2, 0.25) is 0 Å². The van der Waals surface area contributed by atoms with Gasteiger partial charge in [0.15, 0.2) is 0 Å². The second-order valence-electron chi connectivity index (χ2n) is 2.05. The summed E-state index contributed by atoms with van der Waals surface area (Å²) in [4.78, 5) is 11.2. The molecule has 0 bridgehead atoms. The molecule has 0 amide bonds. The summed E-state index contributed by atoms with van der Waals surface area (Å²) in [6.45, 7) is 2.25. The van der Waals surface area contributed by atoms with E-state index in [1.165, 1.54) is 0 Å². The lowest BCUT2D eigenvalue weighted by atomic mass is 10.3. The van der Waals surface area contributed by atoms with Crippen LogP contribution in [0.15, 0.2) is 11.4 Å². The SMILES string of the molecule is Cc1ccsc1COC(=O)Cl. The molecule has 1 aromatic heterocycles. The maximum Gasteiger partial charge on any atom is 0.404 e. The van der Waals surface area contributed by atoms with Gasteiger partial charge in [-0.05, 0) is 23.9 Å². The molecule has 0 unspecified atom stereocenters. The van der Waals surface area contributed by atoms with Crippen LogP contribution in [0.4, 0.5) is 4.79 Å². The molecule has 0 radical (unpaired) electrons. The fourth-order valence-corrected chi connectivity index (χ4v) is 1.55. The number of hydrogen-bond donors (Lipinski definition) is 0. The first-order valence-corrected chi connectivity index (χ1v) is 4.31. The molecule has 0 saturated carbocycles. The van der Waals surface area contributed by atoms with Crippen molar-refractivity contribution in [1.29, 1.82) is 0 Å². The molecule has 0 saturated heterocycles. The van der Waals surface area contributed by atoms with Gasteiger partial charge in [0.05, 0.1) is 0 Å². The van der Waals surface area contributed by atoms with Gasteiger partial charge < -0.3 is 4.74 Å². The first-order valence-electron chi connectivity index (χ1n) is 3.05. The summed E-state index contributed by atoms with van der Waals surface area (Å²) < 4.78 is 4.60. The van der Waals surface area contributed by atoms with Crippen molar-refractivity contribution in [2.24, 2.45) is 0 Å². The van der Waals surface area contributed by atoms with Crippen LogP contribution in [0.2, 0.25) is 0 Å². The zero-order valence-electron chi connectivity index (χ0n) is 5.96. The molecule has 0 fully saturated rings. The standard InChI is InChI=1S/C7H7ClO2S/c1-5-2-3-11-6(5)4-10-7(8)9/h2-3H,4H2,1H3. The Morgan fingerprint density at radius 1 is 1.82 bits per heavy atom. The van der Waals surface area contributed by atoms with E-state index in [2.05, 4.69) is 4.74 Å². The van der Waals surface area contributed by atoms with Crippen molar-refractivity contribution in [3.05, 3.63) is 21.9 Å². The van der Waals surface area contributed by atoms with E-state index in [4.69, 9.17) is 11.6 Å². The number of carbonyl (C=O) groups is 1. The van der Waals surface area contributed by atoms with Gasteiger partial charge in [0.25, 0.3) is 0 Å². The monoisotopic (exact) mass is 190 g/mol. The van der Waals surface area contributed by atoms with E-state index < -0.39 is 5.43 Å². The van der Waals surface area contributed by atoms with Gasteiger partial charge in [0.1, 0.15) is 6.61 Å². The predicted octanol–water partition coefficient (Wildman–Crippen LogP) is 2.93. The summed E-state index contributed by atoms with van der Waals surface area (Å²) in [6, 6.07) is 1.97. The topological polar surface area (TPSA) is 26.3 Å². The number of hydrogen-bond acceptors (Lipinski definition) is 3. The number of rotatable bonds is 2. The van der Waals surface area contributed by atoms with Crippen molar-refractivity contribution in [3.63, 3.8) is 0 Å². The lowest BCUT2D eigenvalue weighted by Gasteiger charge is -1.97. The van der Waals surface area contributed by atoms with Crippen LogP contribution in [-0.2, 0) is 11.3 Å². The van der Waals surface area contributed by atoms with Gasteiger partial charge in [-0.2, -0.15) is 0 Å². The van der Waals surface area contributed by atoms with Crippen LogP contribution in [0.5, 0.6) is 0 Å². The van der Waals surface area contributed by atoms with E-state index in [-0.39, 0.29) is 6.61 Å². The van der Waals surface area contributed by atoms with Crippen LogP contribution in [-0.4, -0.2) is 5.43 Å². The molecular weight excluding hydrogens is 184 g/mol. The molecule has 1 heterocycles. The molecule has 11 heavy (non-hydrogen) atoms. The summed E-state index contributed by atoms with van der Waals surface area (Å²) in [7, 11) is 0. The summed E-state index contributed by atoms with van der Waals surface area (Å²) in [5.41, 5.74) is 0.380. The normalized spacial score (nSPS) is 9.64. The Hall–Kier alpha value is -0.540. The lowest BCUT2D eigenvalue weighted by Crippen LogP contribution is -1.93. The Kier molecular flexibility index (Phi) is 2.91. The zero-order valence-corrected chi connectivity index (χ0v) is 7.54. The van der Waals surface area contributed by atoms with Crippen molar-refractivity contribution in [2.45, 2.75) is 13.5 Å². The number of aryl methyl sites for hydroxylation is 1. The van der Waals surface area contributed by atoms with E-state index in [1.807, 2.05) is 18.4 Å². The van der Waals surface area contributed by atoms with E-state index in [1.54, 1.807) is 11.3 Å². The molecule has 0 N–H and O–H groups in total. The highest BCUT2D eigenvalue weighted by molar-refractivity contribution is 7.10. The molecule has 0 atom stereocenters. The minimum absolute atomic E-state index is 0.284. The molecule has 0 spiro atoms. The van der Waals surface area contributed by atoms with Crippen molar-refractivity contribution < 1.29 is 9.53 Å². The molecule has 0 aromatic carbocycles. The third kappa shape index (κ3) is 2.52. The van der Waals surface area contributed by atoms with Gasteiger partial charge in [0, 0.05) is 16.5 Å². The summed E-state index contributed by atoms with van der Waals surface area (Å²) in [5.74, 6) is 0. The van der Waals surface area contributed by atoms with Crippen molar-refractivity contribution in [1.82, 2.24) is 0 Å². The molecule has 1 aromatic rings. The Balaban J connectivity index is 2.51. The lowest BCUT2D eigenvalue weighted by molar-refractivity contribution is 0.168. The Bertz CT molecular complexity index is 257. The second-order valence-corrected chi connectivity index (χ2v) is 3.36. The average molecular weight is 191 g/mol. The van der Waals surface area contributed by atoms with Crippen molar-refractivity contribution in [3.8, 4) is 0 Å². The summed E-state index contributed by atoms with van der Waals surface area (Å²) in [5, 5.41) is 1.95. The highest BCUT2D eigenvalue weighted by Gasteiger charge is 2.01. The molecule has 4 heteroatoms. The average Bonchev–Trinajstić information content (AvgIpc) is 2.31. The molecule has 2 nitrogen and oxygen atoms in total. The summed E-state index contributed by atoms with van der Waals surface area (Å²) in [6.07, 6.45) is 0. The summed E-state index contributed by atoms with van der Waals surface area (Å²) >= 11 is 6.55. The first-order chi connectivity index (χ1) is 5.20. The fourth-order valence-electron chi connectivity index (χ4n) is 0.674. The van der Waals surface area contributed by atoms with Crippen LogP contribution < -0.4 is 0 Å². The molecule has 1 rings (SSSR count). The predicted molar refractivity (Wildman–Crippen MR) is 45.1 cm³/mol. The third-order valence-corrected chi connectivity index (χ3v) is 2.39. The fraction of sp³-hybridized carbons (Fsp3) is 0.286. The highest BCUT2D eigenvalue weighted by atomic mass is 35.5. The molecule has 0 aliphatic rings. The van der Waals surface area contributed by atoms with Gasteiger partial charge in [-0.3, -0.25) is 0 Å². The maximum absolute atomic E-state index is 10.2. The van der Waals surface area contributed by atoms with Crippen molar-refractivity contribution >= 4 is 28.4 Å². The number of halogens is 1.